The van der Waals surface area contributed by atoms with Gasteiger partial charge in [-0.15, -0.1) is 11.3 Å². The van der Waals surface area contributed by atoms with Crippen LogP contribution >= 0.6 is 11.3 Å². The number of piperidine rings is 1. The van der Waals surface area contributed by atoms with E-state index in [1.807, 2.05) is 81.4 Å². The van der Waals surface area contributed by atoms with Gasteiger partial charge < -0.3 is 39.1 Å². The molecule has 3 aromatic carbocycles. The Morgan fingerprint density at radius 2 is 1.52 bits per heavy atom. The minimum absolute atomic E-state index is 0.0665. The Labute approximate surface area is 358 Å². The number of aromatic nitrogens is 1. The van der Waals surface area contributed by atoms with Gasteiger partial charge in [0.25, 0.3) is 6.10 Å². The molecule has 324 valence electrons. The topological polar surface area (TPSA) is 211 Å². The molecule has 16 nitrogen and oxygen atoms in total. The maximum Gasteiger partial charge on any atom is 0.413 e. The number of esters is 1. The third-order valence-corrected chi connectivity index (χ3v) is 9.66. The molecule has 17 heteroatoms. The highest BCUT2D eigenvalue weighted by Crippen LogP contribution is 2.28. The molecule has 2 atom stereocenters. The molecular formula is C44H52N6O10S. The van der Waals surface area contributed by atoms with Crippen LogP contribution in [-0.4, -0.2) is 93.7 Å². The highest BCUT2D eigenvalue weighted by molar-refractivity contribution is 7.16. The van der Waals surface area contributed by atoms with E-state index in [9.17, 15) is 24.3 Å². The van der Waals surface area contributed by atoms with Crippen LogP contribution in [0.5, 0.6) is 5.75 Å². The smallest absolute Gasteiger partial charge is 0.413 e. The predicted molar refractivity (Wildman–Crippen MR) is 229 cm³/mol. The summed E-state index contributed by atoms with van der Waals surface area (Å²) in [5, 5.41) is 28.6. The van der Waals surface area contributed by atoms with Crippen molar-refractivity contribution in [2.75, 3.05) is 25.0 Å². The molecule has 2 heterocycles. The zero-order valence-electron chi connectivity index (χ0n) is 35.2. The summed E-state index contributed by atoms with van der Waals surface area (Å²) < 4.78 is 22.9. The van der Waals surface area contributed by atoms with Crippen LogP contribution in [0.2, 0.25) is 0 Å². The molecule has 1 saturated heterocycles. The molecule has 2 amide bonds. The quantitative estimate of drug-likeness (QED) is 0.0316. The van der Waals surface area contributed by atoms with Gasteiger partial charge in [0.1, 0.15) is 35.1 Å². The van der Waals surface area contributed by atoms with Crippen molar-refractivity contribution in [2.24, 2.45) is 5.16 Å². The van der Waals surface area contributed by atoms with Crippen LogP contribution in [0.25, 0.3) is 0 Å². The summed E-state index contributed by atoms with van der Waals surface area (Å²) in [6, 6.07) is 24.6. The molecule has 1 aliphatic rings. The third-order valence-electron chi connectivity index (χ3n) is 8.77. The second-order valence-corrected chi connectivity index (χ2v) is 17.4. The van der Waals surface area contributed by atoms with Crippen LogP contribution in [0.15, 0.2) is 90.1 Å². The van der Waals surface area contributed by atoms with Crippen molar-refractivity contribution in [3.05, 3.63) is 112 Å². The number of carbonyl (C=O) groups excluding carboxylic acids is 3. The van der Waals surface area contributed by atoms with E-state index in [1.54, 1.807) is 56.9 Å². The minimum atomic E-state index is -1.58. The number of nitrogens with zero attached hydrogens (tertiary/aromatic N) is 3. The highest BCUT2D eigenvalue weighted by atomic mass is 32.1. The van der Waals surface area contributed by atoms with E-state index in [0.29, 0.717) is 40.4 Å². The SMILES string of the molecule is Cc1sc(NC(=O)OC(C)(C)C)nc1/C(=N/OC(COc1ccc(C(=N)N[C@H]2CCCN(C(=O)OC(C)(C)C)C2)cc1)C(=O)OC(c1ccccc1)c1ccccc1)C(=O)O. The first kappa shape index (κ1) is 45.6. The number of aliphatic carboxylic acids is 1. The van der Waals surface area contributed by atoms with Crippen molar-refractivity contribution in [3.8, 4) is 5.75 Å². The first-order valence-electron chi connectivity index (χ1n) is 19.7. The molecule has 4 N–H and O–H groups in total. The van der Waals surface area contributed by atoms with Gasteiger partial charge in [0, 0.05) is 29.6 Å². The molecule has 0 spiro atoms. The first-order chi connectivity index (χ1) is 28.8. The first-order valence-corrected chi connectivity index (χ1v) is 20.5. The number of likely N-dealkylation sites (tertiary alicyclic amines) is 1. The molecule has 0 bridgehead atoms. The van der Waals surface area contributed by atoms with Gasteiger partial charge in [-0.3, -0.25) is 10.7 Å². The standard InChI is InChI=1S/C44H52N6O10S/c1-27-34(47-40(61-27)48-41(54)58-43(2,3)4)35(38(51)52)49-60-33(39(53)57-36(28-15-10-8-11-16-28)29-17-12-9-13-18-29)26-56-32-22-20-30(21-23-32)37(45)46-31-19-14-24-50(25-31)42(55)59-44(5,6)7/h8-13,15-18,20-23,31,33,36H,14,19,24-26H2,1-7H3,(H2,45,46)(H,51,52)(H,47,48,54)/b49-35-/t31-,33?/m0/s1. The summed E-state index contributed by atoms with van der Waals surface area (Å²) in [5.74, 6) is -1.94. The van der Waals surface area contributed by atoms with E-state index >= 15 is 0 Å². The number of amidine groups is 1. The van der Waals surface area contributed by atoms with E-state index in [2.05, 4.69) is 20.8 Å². The summed E-state index contributed by atoms with van der Waals surface area (Å²) in [5.41, 5.74) is -0.213. The Kier molecular flexibility index (Phi) is 15.1. The number of rotatable bonds is 14. The van der Waals surface area contributed by atoms with Gasteiger partial charge in [0.05, 0.1) is 0 Å². The molecule has 1 aromatic heterocycles. The maximum absolute atomic E-state index is 14.0. The normalized spacial score (nSPS) is 15.0. The number of oxime groups is 1. The van der Waals surface area contributed by atoms with Gasteiger partial charge in [-0.2, -0.15) is 0 Å². The Bertz CT molecular complexity index is 2140. The molecule has 5 rings (SSSR count). The van der Waals surface area contributed by atoms with Gasteiger partial charge in [0.15, 0.2) is 11.2 Å². The van der Waals surface area contributed by atoms with E-state index in [4.69, 9.17) is 29.2 Å². The van der Waals surface area contributed by atoms with E-state index < -0.39 is 59.9 Å². The minimum Gasteiger partial charge on any atom is -0.489 e. The Morgan fingerprint density at radius 3 is 2.10 bits per heavy atom. The van der Waals surface area contributed by atoms with Crippen molar-refractivity contribution < 1.29 is 48.1 Å². The summed E-state index contributed by atoms with van der Waals surface area (Å²) in [6.07, 6.45) is -2.08. The lowest BCUT2D eigenvalue weighted by Crippen LogP contribution is -2.50. The van der Waals surface area contributed by atoms with Crippen molar-refractivity contribution in [1.82, 2.24) is 15.2 Å². The lowest BCUT2D eigenvalue weighted by Gasteiger charge is -2.34. The second-order valence-electron chi connectivity index (χ2n) is 16.1. The monoisotopic (exact) mass is 856 g/mol. The fourth-order valence-electron chi connectivity index (χ4n) is 6.04. The lowest BCUT2D eigenvalue weighted by atomic mass is 10.0. The molecule has 1 unspecified atom stereocenters. The predicted octanol–water partition coefficient (Wildman–Crippen LogP) is 7.70. The van der Waals surface area contributed by atoms with E-state index in [-0.39, 0.29) is 22.7 Å². The molecule has 0 radical (unpaired) electrons. The van der Waals surface area contributed by atoms with Crippen LogP contribution in [0.4, 0.5) is 14.7 Å². The molecule has 0 saturated carbocycles. The average Bonchev–Trinajstić information content (AvgIpc) is 3.55. The zero-order valence-corrected chi connectivity index (χ0v) is 36.0. The number of aryl methyl sites for hydroxylation is 1. The number of amides is 2. The zero-order chi connectivity index (χ0) is 44.3. The third kappa shape index (κ3) is 13.8. The van der Waals surface area contributed by atoms with Crippen molar-refractivity contribution in [3.63, 3.8) is 0 Å². The van der Waals surface area contributed by atoms with E-state index in [0.717, 1.165) is 24.2 Å². The number of carbonyl (C=O) groups is 4. The summed E-state index contributed by atoms with van der Waals surface area (Å²) >= 11 is 1.00. The second kappa shape index (κ2) is 20.2. The molecule has 4 aromatic rings. The summed E-state index contributed by atoms with van der Waals surface area (Å²) in [6.45, 7) is 12.7. The van der Waals surface area contributed by atoms with Gasteiger partial charge in [-0.25, -0.2) is 24.2 Å². The van der Waals surface area contributed by atoms with E-state index in [1.165, 1.54) is 0 Å². The number of carboxylic acid groups (broad SMARTS) is 1. The fraction of sp³-hybridized carbons (Fsp3) is 0.386. The number of anilines is 1. The fourth-order valence-corrected chi connectivity index (χ4v) is 6.84. The van der Waals surface area contributed by atoms with Crippen molar-refractivity contribution >= 4 is 52.1 Å². The summed E-state index contributed by atoms with van der Waals surface area (Å²) in [4.78, 5) is 63.6. The van der Waals surface area contributed by atoms with Gasteiger partial charge in [0.2, 0.25) is 5.71 Å². The van der Waals surface area contributed by atoms with Crippen LogP contribution in [0.1, 0.15) is 87.7 Å². The van der Waals surface area contributed by atoms with Gasteiger partial charge in [-0.1, -0.05) is 65.8 Å². The largest absolute Gasteiger partial charge is 0.489 e. The van der Waals surface area contributed by atoms with Crippen LogP contribution in [0, 0.1) is 12.3 Å². The van der Waals surface area contributed by atoms with Crippen molar-refractivity contribution in [2.45, 2.75) is 90.8 Å². The molecule has 0 aliphatic carbocycles. The molecular weight excluding hydrogens is 805 g/mol. The number of ether oxygens (including phenoxy) is 4. The number of carboxylic acids is 1. The van der Waals surface area contributed by atoms with Crippen LogP contribution < -0.4 is 15.4 Å². The number of hydrogen-bond acceptors (Lipinski definition) is 13. The Balaban J connectivity index is 1.33. The Morgan fingerprint density at radius 1 is 0.918 bits per heavy atom. The maximum atomic E-state index is 14.0. The van der Waals surface area contributed by atoms with Gasteiger partial charge in [-0.05, 0) is 96.7 Å². The molecule has 1 fully saturated rings. The van der Waals surface area contributed by atoms with Crippen LogP contribution in [-0.2, 0) is 28.6 Å². The number of nitrogens with one attached hydrogen (secondary N) is 3. The highest BCUT2D eigenvalue weighted by Gasteiger charge is 2.31. The molecule has 1 aliphatic heterocycles. The molecule has 61 heavy (non-hydrogen) atoms. The van der Waals surface area contributed by atoms with Gasteiger partial charge >= 0.3 is 24.1 Å². The van der Waals surface area contributed by atoms with Crippen molar-refractivity contribution in [1.29, 1.82) is 5.41 Å². The average molecular weight is 857 g/mol. The number of hydrogen-bond donors (Lipinski definition) is 4. The number of thiazole rings is 1. The summed E-state index contributed by atoms with van der Waals surface area (Å²) in [7, 11) is 0. The van der Waals surface area contributed by atoms with Crippen LogP contribution in [0.3, 0.4) is 0 Å². The number of benzene rings is 3. The lowest BCUT2D eigenvalue weighted by molar-refractivity contribution is -0.163. The Hall–Kier alpha value is -6.49.